The summed E-state index contributed by atoms with van der Waals surface area (Å²) in [6.45, 7) is 0. The Labute approximate surface area is 186 Å². The number of carboxylic acid groups (broad SMARTS) is 3. The molecule has 0 aromatic heterocycles. The number of hydrogen-bond donors (Lipinski definition) is 9. The molecule has 10 N–H and O–H groups in total. The van der Waals surface area contributed by atoms with E-state index in [9.17, 15) is 33.6 Å². The van der Waals surface area contributed by atoms with E-state index in [4.69, 9.17) is 26.8 Å². The van der Waals surface area contributed by atoms with Crippen LogP contribution in [0.1, 0.15) is 25.7 Å². The standard InChI is InChI=1S/C16H25N5O10S/c17-6(3-11(23)24)13(27)19-7(1-2-10(18)22)14(28)20-8(4-12(25)26)15(29)21-9(5-32)16(30)31/h6-9,32H,1-5,17H2,(H2,18,22)(H,19,27)(H,20,28)(H,21,29)(H,23,24)(H,25,26)(H,30,31). The van der Waals surface area contributed by atoms with Crippen molar-refractivity contribution in [1.82, 2.24) is 16.0 Å². The van der Waals surface area contributed by atoms with Crippen LogP contribution in [0.25, 0.3) is 0 Å². The number of primary amides is 1. The van der Waals surface area contributed by atoms with E-state index in [1.54, 1.807) is 0 Å². The van der Waals surface area contributed by atoms with E-state index < -0.39 is 85.0 Å². The highest BCUT2D eigenvalue weighted by Gasteiger charge is 2.31. The zero-order valence-corrected chi connectivity index (χ0v) is 17.5. The number of hydrogen-bond acceptors (Lipinski definition) is 9. The lowest BCUT2D eigenvalue weighted by Gasteiger charge is -2.24. The van der Waals surface area contributed by atoms with Gasteiger partial charge in [0.2, 0.25) is 23.6 Å². The first kappa shape index (κ1) is 28.6. The third-order valence-electron chi connectivity index (χ3n) is 3.85. The summed E-state index contributed by atoms with van der Waals surface area (Å²) >= 11 is 3.75. The van der Waals surface area contributed by atoms with Crippen LogP contribution >= 0.6 is 12.6 Å². The van der Waals surface area contributed by atoms with Crippen molar-refractivity contribution in [2.45, 2.75) is 49.9 Å². The van der Waals surface area contributed by atoms with Crippen LogP contribution in [0.2, 0.25) is 0 Å². The Morgan fingerprint density at radius 2 is 1.22 bits per heavy atom. The lowest BCUT2D eigenvalue weighted by atomic mass is 10.1. The molecule has 4 atom stereocenters. The Hall–Kier alpha value is -3.40. The monoisotopic (exact) mass is 479 g/mol. The van der Waals surface area contributed by atoms with Gasteiger partial charge in [-0.15, -0.1) is 0 Å². The molecule has 0 aromatic rings. The third-order valence-corrected chi connectivity index (χ3v) is 4.22. The number of amides is 4. The average Bonchev–Trinajstić information content (AvgIpc) is 2.66. The number of nitrogens with two attached hydrogens (primary N) is 2. The van der Waals surface area contributed by atoms with Gasteiger partial charge in [-0.2, -0.15) is 12.6 Å². The van der Waals surface area contributed by atoms with Gasteiger partial charge in [0.25, 0.3) is 0 Å². The second kappa shape index (κ2) is 13.8. The van der Waals surface area contributed by atoms with Gasteiger partial charge in [0.15, 0.2) is 0 Å². The fourth-order valence-electron chi connectivity index (χ4n) is 2.23. The van der Waals surface area contributed by atoms with Gasteiger partial charge in [-0.1, -0.05) is 0 Å². The predicted molar refractivity (Wildman–Crippen MR) is 108 cm³/mol. The van der Waals surface area contributed by atoms with Gasteiger partial charge in [-0.25, -0.2) is 4.79 Å². The highest BCUT2D eigenvalue weighted by molar-refractivity contribution is 7.80. The number of carbonyl (C=O) groups is 7. The molecule has 0 fully saturated rings. The van der Waals surface area contributed by atoms with Crippen LogP contribution < -0.4 is 27.4 Å². The molecule has 0 saturated heterocycles. The molecule has 4 amide bonds. The number of thiol groups is 1. The molecule has 0 aliphatic heterocycles. The Morgan fingerprint density at radius 3 is 1.66 bits per heavy atom. The maximum absolute atomic E-state index is 12.6. The molecule has 32 heavy (non-hydrogen) atoms. The molecule has 4 unspecified atom stereocenters. The second-order valence-corrected chi connectivity index (χ2v) is 6.88. The lowest BCUT2D eigenvalue weighted by Crippen LogP contribution is -2.57. The molecule has 15 nitrogen and oxygen atoms in total. The Kier molecular flexibility index (Phi) is 12.3. The van der Waals surface area contributed by atoms with E-state index in [-0.39, 0.29) is 12.2 Å². The highest BCUT2D eigenvalue weighted by Crippen LogP contribution is 2.03. The highest BCUT2D eigenvalue weighted by atomic mass is 32.1. The molecule has 0 bridgehead atoms. The first-order valence-corrected chi connectivity index (χ1v) is 9.63. The number of carboxylic acids is 3. The minimum atomic E-state index is -1.75. The van der Waals surface area contributed by atoms with E-state index >= 15 is 0 Å². The molecule has 0 rings (SSSR count). The van der Waals surface area contributed by atoms with Gasteiger partial charge in [-0.05, 0) is 6.42 Å². The molecule has 16 heteroatoms. The van der Waals surface area contributed by atoms with Crippen LogP contribution in [0, 0.1) is 0 Å². The van der Waals surface area contributed by atoms with Crippen LogP contribution in [0.3, 0.4) is 0 Å². The van der Waals surface area contributed by atoms with Crippen molar-refractivity contribution in [2.24, 2.45) is 11.5 Å². The van der Waals surface area contributed by atoms with Gasteiger partial charge < -0.3 is 42.7 Å². The first-order valence-electron chi connectivity index (χ1n) is 9.00. The van der Waals surface area contributed by atoms with Crippen molar-refractivity contribution in [3.63, 3.8) is 0 Å². The van der Waals surface area contributed by atoms with Crippen molar-refractivity contribution in [2.75, 3.05) is 5.75 Å². The zero-order valence-electron chi connectivity index (χ0n) is 16.6. The second-order valence-electron chi connectivity index (χ2n) is 6.51. The van der Waals surface area contributed by atoms with Crippen LogP contribution in [0.4, 0.5) is 0 Å². The molecule has 0 radical (unpaired) electrons. The maximum Gasteiger partial charge on any atom is 0.327 e. The summed E-state index contributed by atoms with van der Waals surface area (Å²) in [6, 6.07) is -6.29. The van der Waals surface area contributed by atoms with Crippen LogP contribution in [0.5, 0.6) is 0 Å². The third kappa shape index (κ3) is 11.1. The van der Waals surface area contributed by atoms with E-state index in [0.717, 1.165) is 0 Å². The van der Waals surface area contributed by atoms with Crippen molar-refractivity contribution >= 4 is 54.2 Å². The normalized spacial score (nSPS) is 14.2. The summed E-state index contributed by atoms with van der Waals surface area (Å²) < 4.78 is 0. The van der Waals surface area contributed by atoms with Crippen molar-refractivity contribution in [3.8, 4) is 0 Å². The van der Waals surface area contributed by atoms with E-state index in [1.165, 1.54) is 0 Å². The average molecular weight is 479 g/mol. The number of carbonyl (C=O) groups excluding carboxylic acids is 4. The minimum Gasteiger partial charge on any atom is -0.481 e. The van der Waals surface area contributed by atoms with Gasteiger partial charge in [0.05, 0.1) is 18.9 Å². The predicted octanol–water partition coefficient (Wildman–Crippen LogP) is -4.00. The fraction of sp³-hybridized carbons (Fsp3) is 0.562. The maximum atomic E-state index is 12.6. The lowest BCUT2D eigenvalue weighted by molar-refractivity contribution is -0.143. The quantitative estimate of drug-likeness (QED) is 0.102. The smallest absolute Gasteiger partial charge is 0.327 e. The first-order chi connectivity index (χ1) is 14.8. The fourth-order valence-corrected chi connectivity index (χ4v) is 2.48. The summed E-state index contributed by atoms with van der Waals surface area (Å²) in [5.74, 6) is -8.83. The molecule has 0 spiro atoms. The molecule has 0 saturated carbocycles. The summed E-state index contributed by atoms with van der Waals surface area (Å²) in [6.07, 6.45) is -2.47. The molecule has 0 aliphatic rings. The van der Waals surface area contributed by atoms with Crippen molar-refractivity contribution in [3.05, 3.63) is 0 Å². The Morgan fingerprint density at radius 1 is 0.750 bits per heavy atom. The molecule has 180 valence electrons. The van der Waals surface area contributed by atoms with Gasteiger partial charge in [0, 0.05) is 12.2 Å². The van der Waals surface area contributed by atoms with Gasteiger partial charge >= 0.3 is 17.9 Å². The number of aliphatic carboxylic acids is 3. The largest absolute Gasteiger partial charge is 0.481 e. The molecule has 0 aliphatic carbocycles. The van der Waals surface area contributed by atoms with Crippen LogP contribution in [0.15, 0.2) is 0 Å². The molecule has 0 heterocycles. The SMILES string of the molecule is NC(=O)CCC(NC(=O)C(N)CC(=O)O)C(=O)NC(CC(=O)O)C(=O)NC(CS)C(=O)O. The number of nitrogens with one attached hydrogen (secondary N) is 3. The minimum absolute atomic E-state index is 0.326. The van der Waals surface area contributed by atoms with E-state index in [0.29, 0.717) is 0 Å². The summed E-state index contributed by atoms with van der Waals surface area (Å²) in [5.41, 5.74) is 10.4. The topological polar surface area (TPSA) is 268 Å². The summed E-state index contributed by atoms with van der Waals surface area (Å²) in [4.78, 5) is 80.8. The van der Waals surface area contributed by atoms with Gasteiger partial charge in [-0.3, -0.25) is 28.8 Å². The molecular weight excluding hydrogens is 454 g/mol. The van der Waals surface area contributed by atoms with E-state index in [1.807, 2.05) is 5.32 Å². The van der Waals surface area contributed by atoms with Crippen LogP contribution in [-0.2, 0) is 33.6 Å². The Balaban J connectivity index is 5.51. The Bertz CT molecular complexity index is 761. The van der Waals surface area contributed by atoms with E-state index in [2.05, 4.69) is 23.3 Å². The van der Waals surface area contributed by atoms with Crippen molar-refractivity contribution in [1.29, 1.82) is 0 Å². The number of rotatable bonds is 15. The van der Waals surface area contributed by atoms with Crippen LogP contribution in [-0.4, -0.2) is 86.8 Å². The summed E-state index contributed by atoms with van der Waals surface area (Å²) in [7, 11) is 0. The zero-order chi connectivity index (χ0) is 25.0. The van der Waals surface area contributed by atoms with Gasteiger partial charge in [0.1, 0.15) is 18.1 Å². The molecular formula is C16H25N5O10S. The molecule has 0 aromatic carbocycles. The summed E-state index contributed by atoms with van der Waals surface area (Å²) in [5, 5.41) is 32.8. The van der Waals surface area contributed by atoms with Crippen molar-refractivity contribution < 1.29 is 48.9 Å².